The summed E-state index contributed by atoms with van der Waals surface area (Å²) < 4.78 is 4.75. The van der Waals surface area contributed by atoms with Crippen molar-refractivity contribution in [3.8, 4) is 0 Å². The number of esters is 1. The zero-order valence-corrected chi connectivity index (χ0v) is 12.7. The number of rotatable bonds is 6. The molecule has 21 heavy (non-hydrogen) atoms. The van der Waals surface area contributed by atoms with Crippen LogP contribution in [0.5, 0.6) is 0 Å². The largest absolute Gasteiger partial charge is 0.469 e. The van der Waals surface area contributed by atoms with Crippen LogP contribution in [-0.4, -0.2) is 31.1 Å². The molecule has 0 spiro atoms. The second kappa shape index (κ2) is 6.72. The van der Waals surface area contributed by atoms with Gasteiger partial charge >= 0.3 is 5.97 Å². The number of amides is 1. The van der Waals surface area contributed by atoms with E-state index >= 15 is 0 Å². The first-order valence-corrected chi connectivity index (χ1v) is 7.22. The molecule has 2 N–H and O–H groups in total. The van der Waals surface area contributed by atoms with Crippen molar-refractivity contribution in [1.29, 1.82) is 0 Å². The van der Waals surface area contributed by atoms with E-state index in [0.29, 0.717) is 12.8 Å². The Morgan fingerprint density at radius 2 is 2.19 bits per heavy atom. The summed E-state index contributed by atoms with van der Waals surface area (Å²) in [6.07, 6.45) is 1.50. The average Bonchev–Trinajstić information content (AvgIpc) is 2.77. The lowest BCUT2D eigenvalue weighted by Gasteiger charge is -2.20. The Kier molecular flexibility index (Phi) is 4.96. The molecule has 0 radical (unpaired) electrons. The molecule has 1 aliphatic heterocycles. The number of ether oxygens (including phenoxy) is 1. The van der Waals surface area contributed by atoms with Gasteiger partial charge in [0.2, 0.25) is 5.91 Å². The highest BCUT2D eigenvalue weighted by Gasteiger charge is 2.20. The van der Waals surface area contributed by atoms with Gasteiger partial charge in [-0.2, -0.15) is 0 Å². The Labute approximate surface area is 125 Å². The van der Waals surface area contributed by atoms with Crippen molar-refractivity contribution in [3.05, 3.63) is 29.3 Å². The van der Waals surface area contributed by atoms with E-state index in [0.717, 1.165) is 23.2 Å². The third-order valence-corrected chi connectivity index (χ3v) is 3.49. The highest BCUT2D eigenvalue weighted by Crippen LogP contribution is 2.24. The minimum absolute atomic E-state index is 0.0283. The van der Waals surface area contributed by atoms with Crippen molar-refractivity contribution in [2.75, 3.05) is 12.4 Å². The van der Waals surface area contributed by atoms with E-state index in [1.807, 2.05) is 18.2 Å². The number of hydrogen-bond acceptors (Lipinski definition) is 4. The lowest BCUT2D eigenvalue weighted by atomic mass is 9.99. The molecule has 0 saturated carbocycles. The predicted molar refractivity (Wildman–Crippen MR) is 81.2 cm³/mol. The highest BCUT2D eigenvalue weighted by molar-refractivity contribution is 5.99. The van der Waals surface area contributed by atoms with Crippen molar-refractivity contribution >= 4 is 17.6 Å². The van der Waals surface area contributed by atoms with Crippen LogP contribution in [0.25, 0.3) is 0 Å². The van der Waals surface area contributed by atoms with E-state index in [2.05, 4.69) is 24.5 Å². The molecular weight excluding hydrogens is 268 g/mol. The summed E-state index contributed by atoms with van der Waals surface area (Å²) in [5, 5.41) is 6.21. The number of methoxy groups -OCH3 is 1. The Morgan fingerprint density at radius 3 is 2.86 bits per heavy atom. The molecule has 0 aromatic heterocycles. The number of carbonyl (C=O) groups is 2. The van der Waals surface area contributed by atoms with Crippen molar-refractivity contribution in [1.82, 2.24) is 5.32 Å². The molecule has 0 fully saturated rings. The van der Waals surface area contributed by atoms with Crippen LogP contribution in [0.2, 0.25) is 0 Å². The van der Waals surface area contributed by atoms with Gasteiger partial charge in [0.05, 0.1) is 20.0 Å². The van der Waals surface area contributed by atoms with Gasteiger partial charge < -0.3 is 15.4 Å². The zero-order valence-electron chi connectivity index (χ0n) is 12.7. The second-order valence-electron chi connectivity index (χ2n) is 5.72. The average molecular weight is 290 g/mol. The van der Waals surface area contributed by atoms with Crippen LogP contribution < -0.4 is 10.6 Å². The van der Waals surface area contributed by atoms with Gasteiger partial charge in [-0.15, -0.1) is 0 Å². The number of anilines is 1. The third-order valence-electron chi connectivity index (χ3n) is 3.49. The summed E-state index contributed by atoms with van der Waals surface area (Å²) in [6.45, 7) is 4.10. The van der Waals surface area contributed by atoms with Crippen molar-refractivity contribution in [2.24, 2.45) is 0 Å². The molecule has 114 valence electrons. The fourth-order valence-corrected chi connectivity index (χ4v) is 2.64. The van der Waals surface area contributed by atoms with Crippen LogP contribution in [0.1, 0.15) is 31.4 Å². The van der Waals surface area contributed by atoms with Crippen molar-refractivity contribution in [2.45, 2.75) is 45.2 Å². The van der Waals surface area contributed by atoms with Gasteiger partial charge in [-0.3, -0.25) is 9.59 Å². The van der Waals surface area contributed by atoms with Gasteiger partial charge in [0.25, 0.3) is 0 Å². The SMILES string of the molecule is COC(=O)CC(Cc1ccc2c(c1)CC(=O)N2)NC(C)C. The van der Waals surface area contributed by atoms with Gasteiger partial charge in [0.15, 0.2) is 0 Å². The van der Waals surface area contributed by atoms with Crippen LogP contribution in [0.3, 0.4) is 0 Å². The molecule has 1 unspecified atom stereocenters. The quantitative estimate of drug-likeness (QED) is 0.782. The number of benzene rings is 1. The summed E-state index contributed by atoms with van der Waals surface area (Å²) >= 11 is 0. The second-order valence-corrected chi connectivity index (χ2v) is 5.72. The van der Waals surface area contributed by atoms with Crippen molar-refractivity contribution < 1.29 is 14.3 Å². The van der Waals surface area contributed by atoms with Gasteiger partial charge in [-0.1, -0.05) is 26.0 Å². The van der Waals surface area contributed by atoms with E-state index in [1.165, 1.54) is 7.11 Å². The first-order valence-electron chi connectivity index (χ1n) is 7.22. The molecule has 1 aromatic carbocycles. The molecule has 1 aliphatic rings. The summed E-state index contributed by atoms with van der Waals surface area (Å²) in [5.41, 5.74) is 3.04. The van der Waals surface area contributed by atoms with E-state index in [1.54, 1.807) is 0 Å². The molecule has 1 amide bonds. The van der Waals surface area contributed by atoms with Gasteiger partial charge in [-0.05, 0) is 23.6 Å². The fraction of sp³-hybridized carbons (Fsp3) is 0.500. The van der Waals surface area contributed by atoms with E-state index in [4.69, 9.17) is 4.74 Å². The van der Waals surface area contributed by atoms with Gasteiger partial charge in [0, 0.05) is 17.8 Å². The summed E-state index contributed by atoms with van der Waals surface area (Å²) in [5.74, 6) is -0.181. The molecule has 1 atom stereocenters. The first-order chi connectivity index (χ1) is 9.97. The maximum Gasteiger partial charge on any atom is 0.307 e. The molecule has 1 aromatic rings. The molecule has 0 bridgehead atoms. The number of hydrogen-bond donors (Lipinski definition) is 2. The Hall–Kier alpha value is -1.88. The lowest BCUT2D eigenvalue weighted by molar-refractivity contribution is -0.141. The molecule has 2 rings (SSSR count). The maximum atomic E-state index is 11.5. The summed E-state index contributed by atoms with van der Waals surface area (Å²) in [7, 11) is 1.40. The van der Waals surface area contributed by atoms with Gasteiger partial charge in [0.1, 0.15) is 0 Å². The van der Waals surface area contributed by atoms with E-state index in [9.17, 15) is 9.59 Å². The maximum absolute atomic E-state index is 11.5. The Morgan fingerprint density at radius 1 is 1.43 bits per heavy atom. The molecule has 0 saturated heterocycles. The smallest absolute Gasteiger partial charge is 0.307 e. The van der Waals surface area contributed by atoms with Crippen LogP contribution in [-0.2, 0) is 27.2 Å². The predicted octanol–water partition coefficient (Wildman–Crippen LogP) is 1.65. The number of fused-ring (bicyclic) bond motifs is 1. The monoisotopic (exact) mass is 290 g/mol. The Bertz CT molecular complexity index is 540. The minimum atomic E-state index is -0.217. The highest BCUT2D eigenvalue weighted by atomic mass is 16.5. The van der Waals surface area contributed by atoms with E-state index < -0.39 is 0 Å². The molecular formula is C16H22N2O3. The zero-order chi connectivity index (χ0) is 15.4. The lowest BCUT2D eigenvalue weighted by Crippen LogP contribution is -2.38. The van der Waals surface area contributed by atoms with Gasteiger partial charge in [-0.25, -0.2) is 0 Å². The molecule has 5 heteroatoms. The minimum Gasteiger partial charge on any atom is -0.469 e. The molecule has 5 nitrogen and oxygen atoms in total. The standard InChI is InChI=1S/C16H22N2O3/c1-10(2)17-13(9-16(20)21-3)7-11-4-5-14-12(6-11)8-15(19)18-14/h4-6,10,13,17H,7-9H2,1-3H3,(H,18,19). The third kappa shape index (κ3) is 4.29. The molecule has 1 heterocycles. The normalized spacial score (nSPS) is 14.8. The molecule has 0 aliphatic carbocycles. The summed E-state index contributed by atoms with van der Waals surface area (Å²) in [6, 6.07) is 6.29. The van der Waals surface area contributed by atoms with Crippen molar-refractivity contribution in [3.63, 3.8) is 0 Å². The number of nitrogens with one attached hydrogen (secondary N) is 2. The van der Waals surface area contributed by atoms with Crippen LogP contribution in [0.4, 0.5) is 5.69 Å². The van der Waals surface area contributed by atoms with Crippen LogP contribution in [0, 0.1) is 0 Å². The number of carbonyl (C=O) groups excluding carboxylic acids is 2. The summed E-state index contributed by atoms with van der Waals surface area (Å²) in [4.78, 5) is 22.9. The van der Waals surface area contributed by atoms with Crippen LogP contribution in [0.15, 0.2) is 18.2 Å². The first kappa shape index (κ1) is 15.5. The Balaban J connectivity index is 2.07. The van der Waals surface area contributed by atoms with E-state index in [-0.39, 0.29) is 24.0 Å². The van der Waals surface area contributed by atoms with Crippen LogP contribution >= 0.6 is 0 Å². The fourth-order valence-electron chi connectivity index (χ4n) is 2.64. The topological polar surface area (TPSA) is 67.4 Å².